The molecule has 2 aliphatic rings. The second-order valence-corrected chi connectivity index (χ2v) is 10.2. The Balaban J connectivity index is 1.48. The third-order valence-corrected chi connectivity index (χ3v) is 7.11. The molecule has 4 rings (SSSR count). The van der Waals surface area contributed by atoms with Gasteiger partial charge in [0.2, 0.25) is 5.91 Å². The number of fused-ring (bicyclic) bond motifs is 3. The summed E-state index contributed by atoms with van der Waals surface area (Å²) in [5.74, 6) is 1.03. The Hall–Kier alpha value is -2.69. The van der Waals surface area contributed by atoms with Crippen LogP contribution in [-0.4, -0.2) is 94.9 Å². The number of aliphatic hydroxyl groups excluding tert-OH is 1. The fourth-order valence-corrected chi connectivity index (χ4v) is 4.88. The van der Waals surface area contributed by atoms with Crippen LogP contribution in [0.4, 0.5) is 5.69 Å². The highest BCUT2D eigenvalue weighted by Crippen LogP contribution is 2.31. The predicted octanol–water partition coefficient (Wildman–Crippen LogP) is 1.76. The van der Waals surface area contributed by atoms with Crippen LogP contribution >= 0.6 is 0 Å². The van der Waals surface area contributed by atoms with Gasteiger partial charge in [0.1, 0.15) is 18.1 Å². The van der Waals surface area contributed by atoms with Crippen molar-refractivity contribution in [1.29, 1.82) is 0 Å². The molecule has 1 amide bonds. The number of amides is 1. The number of hydrogen-bond donors (Lipinski definition) is 1. The van der Waals surface area contributed by atoms with Crippen LogP contribution in [0.3, 0.4) is 0 Å². The van der Waals surface area contributed by atoms with Crippen LogP contribution in [0, 0.1) is 5.92 Å². The van der Waals surface area contributed by atoms with Gasteiger partial charge < -0.3 is 24.4 Å². The Kier molecular flexibility index (Phi) is 8.81. The number of hydrogen-bond acceptors (Lipinski definition) is 8. The molecule has 0 saturated carbocycles. The first-order valence-electron chi connectivity index (χ1n) is 12.9. The van der Waals surface area contributed by atoms with Gasteiger partial charge in [0.15, 0.2) is 0 Å². The minimum absolute atomic E-state index is 0.0501. The molecule has 0 saturated heterocycles. The van der Waals surface area contributed by atoms with Gasteiger partial charge in [-0.2, -0.15) is 0 Å². The lowest BCUT2D eigenvalue weighted by Crippen LogP contribution is -2.47. The summed E-state index contributed by atoms with van der Waals surface area (Å²) in [5.41, 5.74) is 3.09. The molecule has 0 aliphatic carbocycles. The first kappa shape index (κ1) is 26.4. The van der Waals surface area contributed by atoms with E-state index >= 15 is 0 Å². The van der Waals surface area contributed by atoms with Crippen LogP contribution in [0.1, 0.15) is 37.9 Å². The highest BCUT2D eigenvalue weighted by Gasteiger charge is 2.28. The third kappa shape index (κ3) is 6.54. The average molecular weight is 501 g/mol. The number of aromatic nitrogens is 3. The molecule has 1 aromatic carbocycles. The lowest BCUT2D eigenvalue weighted by Gasteiger charge is -2.35. The summed E-state index contributed by atoms with van der Waals surface area (Å²) >= 11 is 0. The van der Waals surface area contributed by atoms with Crippen LogP contribution < -0.4 is 9.64 Å². The van der Waals surface area contributed by atoms with Crippen LogP contribution in [0.15, 0.2) is 24.4 Å². The van der Waals surface area contributed by atoms with Crippen molar-refractivity contribution in [2.45, 2.75) is 58.5 Å². The largest absolute Gasteiger partial charge is 0.490 e. The van der Waals surface area contributed by atoms with Gasteiger partial charge in [0.05, 0.1) is 43.8 Å². The minimum atomic E-state index is -0.241. The van der Waals surface area contributed by atoms with Gasteiger partial charge >= 0.3 is 0 Å². The number of carbonyl (C=O) groups excluding carboxylic acids is 1. The summed E-state index contributed by atoms with van der Waals surface area (Å²) in [6.07, 6.45) is 2.85. The van der Waals surface area contributed by atoms with E-state index in [0.717, 1.165) is 30.2 Å². The summed E-state index contributed by atoms with van der Waals surface area (Å²) < 4.78 is 14.0. The molecular formula is C26H40N6O4. The number of rotatable bonds is 6. The van der Waals surface area contributed by atoms with Gasteiger partial charge in [-0.3, -0.25) is 14.4 Å². The van der Waals surface area contributed by atoms with E-state index in [-0.39, 0.29) is 30.6 Å². The summed E-state index contributed by atoms with van der Waals surface area (Å²) in [4.78, 5) is 19.3. The van der Waals surface area contributed by atoms with Crippen LogP contribution in [0.5, 0.6) is 5.75 Å². The summed E-state index contributed by atoms with van der Waals surface area (Å²) in [6, 6.07) is 6.16. The Labute approximate surface area is 213 Å². The molecule has 0 spiro atoms. The van der Waals surface area contributed by atoms with E-state index in [1.54, 1.807) is 4.68 Å². The second-order valence-electron chi connectivity index (χ2n) is 10.2. The predicted molar refractivity (Wildman–Crippen MR) is 137 cm³/mol. The lowest BCUT2D eigenvalue weighted by atomic mass is 10.0. The second kappa shape index (κ2) is 12.0. The first-order chi connectivity index (χ1) is 17.3. The van der Waals surface area contributed by atoms with E-state index in [2.05, 4.69) is 59.3 Å². The topological polar surface area (TPSA) is 96.2 Å². The molecule has 2 aliphatic heterocycles. The zero-order valence-electron chi connectivity index (χ0n) is 22.0. The Morgan fingerprint density at radius 2 is 2.14 bits per heavy atom. The van der Waals surface area contributed by atoms with Gasteiger partial charge in [0.25, 0.3) is 0 Å². The average Bonchev–Trinajstić information content (AvgIpc) is 3.31. The van der Waals surface area contributed by atoms with Crippen molar-refractivity contribution < 1.29 is 19.4 Å². The summed E-state index contributed by atoms with van der Waals surface area (Å²) in [5, 5.41) is 18.2. The number of nitrogens with zero attached hydrogens (tertiary/aromatic N) is 6. The zero-order valence-corrected chi connectivity index (χ0v) is 22.0. The van der Waals surface area contributed by atoms with Gasteiger partial charge in [-0.1, -0.05) is 18.2 Å². The number of carbonyl (C=O) groups is 1. The molecule has 0 fully saturated rings. The molecule has 1 aromatic heterocycles. The summed E-state index contributed by atoms with van der Waals surface area (Å²) in [6.45, 7) is 8.49. The maximum Gasteiger partial charge on any atom is 0.222 e. The number of ether oxygens (including phenoxy) is 2. The highest BCUT2D eigenvalue weighted by atomic mass is 16.5. The molecule has 10 nitrogen and oxygen atoms in total. The van der Waals surface area contributed by atoms with Gasteiger partial charge in [-0.15, -0.1) is 5.10 Å². The number of anilines is 1. The maximum absolute atomic E-state index is 13.0. The monoisotopic (exact) mass is 500 g/mol. The summed E-state index contributed by atoms with van der Waals surface area (Å²) in [7, 11) is 4.17. The molecule has 0 radical (unpaired) electrons. The van der Waals surface area contributed by atoms with Crippen molar-refractivity contribution in [3.8, 4) is 5.75 Å². The van der Waals surface area contributed by atoms with Crippen molar-refractivity contribution in [2.24, 2.45) is 5.92 Å². The number of aliphatic hydroxyl groups is 1. The molecule has 3 heterocycles. The van der Waals surface area contributed by atoms with E-state index in [4.69, 9.17) is 9.47 Å². The van der Waals surface area contributed by atoms with Crippen molar-refractivity contribution in [3.05, 3.63) is 35.7 Å². The molecular weight excluding hydrogens is 460 g/mol. The number of likely N-dealkylation sites (N-methyl/N-ethyl adjacent to an activating group) is 2. The molecule has 198 valence electrons. The zero-order chi connectivity index (χ0) is 25.7. The van der Waals surface area contributed by atoms with Crippen molar-refractivity contribution >= 4 is 11.6 Å². The van der Waals surface area contributed by atoms with E-state index < -0.39 is 0 Å². The Morgan fingerprint density at radius 3 is 2.94 bits per heavy atom. The van der Waals surface area contributed by atoms with Crippen LogP contribution in [0.2, 0.25) is 0 Å². The number of aryl methyl sites for hydroxylation is 1. The van der Waals surface area contributed by atoms with Gasteiger partial charge in [0, 0.05) is 45.6 Å². The molecule has 2 aromatic rings. The van der Waals surface area contributed by atoms with E-state index in [1.165, 1.54) is 5.56 Å². The van der Waals surface area contributed by atoms with Gasteiger partial charge in [-0.05, 0) is 38.1 Å². The van der Waals surface area contributed by atoms with E-state index in [1.807, 2.05) is 18.0 Å². The first-order valence-corrected chi connectivity index (χ1v) is 12.9. The fourth-order valence-electron chi connectivity index (χ4n) is 4.88. The fraction of sp³-hybridized carbons (Fsp3) is 0.654. The molecule has 2 bridgehead atoms. The number of benzene rings is 1. The SMILES string of the molecule is C[C@@H]1CN([C@@H](C)CO)C(=O)CCCn2cc(nn2)CO[C@H]1CN(C)Cc1ccc2c(c1)OCCN2C. The Morgan fingerprint density at radius 1 is 1.31 bits per heavy atom. The Bertz CT molecular complexity index is 1010. The maximum atomic E-state index is 13.0. The van der Waals surface area contributed by atoms with Crippen molar-refractivity contribution in [2.75, 3.05) is 51.8 Å². The third-order valence-electron chi connectivity index (χ3n) is 7.11. The molecule has 10 heteroatoms. The minimum Gasteiger partial charge on any atom is -0.490 e. The van der Waals surface area contributed by atoms with Crippen LogP contribution in [-0.2, 0) is 29.2 Å². The normalized spacial score (nSPS) is 22.3. The van der Waals surface area contributed by atoms with Gasteiger partial charge in [-0.25, -0.2) is 0 Å². The standard InChI is InChI=1S/C26H40N6O4/c1-19-13-32(20(2)17-33)26(34)6-5-9-31-15-22(27-28-31)18-36-25(19)16-29(3)14-21-7-8-23-24(12-21)35-11-10-30(23)4/h7-8,12,15,19-20,25,33H,5-6,9-11,13-14,16-18H2,1-4H3/t19-,20+,25+/m1/s1. The quantitative estimate of drug-likeness (QED) is 0.641. The molecule has 3 atom stereocenters. The van der Waals surface area contributed by atoms with Crippen molar-refractivity contribution in [1.82, 2.24) is 24.8 Å². The van der Waals surface area contributed by atoms with E-state index in [0.29, 0.717) is 45.7 Å². The highest BCUT2D eigenvalue weighted by molar-refractivity contribution is 5.76. The van der Waals surface area contributed by atoms with Crippen molar-refractivity contribution in [3.63, 3.8) is 0 Å². The van der Waals surface area contributed by atoms with Crippen LogP contribution in [0.25, 0.3) is 0 Å². The lowest BCUT2D eigenvalue weighted by molar-refractivity contribution is -0.136. The van der Waals surface area contributed by atoms with E-state index in [9.17, 15) is 9.90 Å². The molecule has 1 N–H and O–H groups in total. The smallest absolute Gasteiger partial charge is 0.222 e. The molecule has 36 heavy (non-hydrogen) atoms. The molecule has 0 unspecified atom stereocenters.